The van der Waals surface area contributed by atoms with E-state index in [1.54, 1.807) is 0 Å². The van der Waals surface area contributed by atoms with Crippen LogP contribution >= 0.6 is 0 Å². The summed E-state index contributed by atoms with van der Waals surface area (Å²) in [5.74, 6) is 0. The zero-order valence-electron chi connectivity index (χ0n) is 9.89. The summed E-state index contributed by atoms with van der Waals surface area (Å²) in [6, 6.07) is 4.19. The molecule has 0 bridgehead atoms. The molecule has 0 unspecified atom stereocenters. The number of likely N-dealkylation sites (tertiary alicyclic amines) is 1. The molecule has 0 amide bonds. The third kappa shape index (κ3) is 2.96. The largest absolute Gasteiger partial charge is 0.304 e. The third-order valence-electron chi connectivity index (χ3n) is 3.97. The van der Waals surface area contributed by atoms with Crippen LogP contribution in [0.1, 0.15) is 26.7 Å². The van der Waals surface area contributed by atoms with E-state index in [-0.39, 0.29) is 0 Å². The fraction of sp³-hybridized carbons (Fsp3) is 0.833. The molecule has 0 aliphatic carbocycles. The van der Waals surface area contributed by atoms with Crippen molar-refractivity contribution in [1.29, 1.82) is 0 Å². The van der Waals surface area contributed by atoms with Crippen molar-refractivity contribution < 1.29 is 0 Å². The Labute approximate surface area is 90.2 Å². The van der Waals surface area contributed by atoms with E-state index in [9.17, 15) is 0 Å². The molecule has 1 nitrogen and oxygen atoms in total. The van der Waals surface area contributed by atoms with Gasteiger partial charge in [-0.1, -0.05) is 25.9 Å². The Balaban J connectivity index is 2.35. The van der Waals surface area contributed by atoms with Gasteiger partial charge in [-0.15, -0.1) is 12.3 Å². The van der Waals surface area contributed by atoms with Gasteiger partial charge < -0.3 is 4.90 Å². The van der Waals surface area contributed by atoms with Crippen molar-refractivity contribution in [3.8, 4) is 0 Å². The van der Waals surface area contributed by atoms with Gasteiger partial charge in [-0.2, -0.15) is 0 Å². The van der Waals surface area contributed by atoms with Crippen LogP contribution in [0.4, 0.5) is 0 Å². The Hall–Kier alpha value is -0.0831. The Kier molecular flexibility index (Phi) is 4.89. The predicted molar refractivity (Wildman–Crippen MR) is 67.4 cm³/mol. The van der Waals surface area contributed by atoms with Gasteiger partial charge >= 0.3 is 0 Å². The molecule has 0 aromatic rings. The van der Waals surface area contributed by atoms with Gasteiger partial charge in [-0.25, -0.2) is 0 Å². The highest BCUT2D eigenvalue weighted by molar-refractivity contribution is 6.84. The molecule has 1 aliphatic rings. The zero-order valence-corrected chi connectivity index (χ0v) is 10.9. The molecule has 0 saturated carbocycles. The standard InChI is InChI=1S/C12H25NSi/c1-4-14(5-2,6-3)12-11-13-9-7-8-10-13/h4H,1,5-12H2,2-3H3. The summed E-state index contributed by atoms with van der Waals surface area (Å²) < 4.78 is 0. The molecule has 1 fully saturated rings. The van der Waals surface area contributed by atoms with Gasteiger partial charge in [0.2, 0.25) is 0 Å². The average Bonchev–Trinajstić information content (AvgIpc) is 2.74. The molecule has 0 spiro atoms. The number of rotatable bonds is 6. The van der Waals surface area contributed by atoms with E-state index in [1.165, 1.54) is 50.6 Å². The van der Waals surface area contributed by atoms with Gasteiger partial charge in [-0.3, -0.25) is 0 Å². The van der Waals surface area contributed by atoms with Crippen LogP contribution in [0, 0.1) is 0 Å². The van der Waals surface area contributed by atoms with E-state index in [0.717, 1.165) is 0 Å². The van der Waals surface area contributed by atoms with E-state index in [4.69, 9.17) is 0 Å². The fourth-order valence-electron chi connectivity index (χ4n) is 2.38. The maximum atomic E-state index is 4.06. The lowest BCUT2D eigenvalue weighted by Gasteiger charge is -2.27. The van der Waals surface area contributed by atoms with Gasteiger partial charge in [0.05, 0.1) is 8.07 Å². The van der Waals surface area contributed by atoms with Gasteiger partial charge in [0, 0.05) is 0 Å². The van der Waals surface area contributed by atoms with Crippen LogP contribution in [0.3, 0.4) is 0 Å². The topological polar surface area (TPSA) is 3.24 Å². The number of nitrogens with zero attached hydrogens (tertiary/aromatic N) is 1. The van der Waals surface area contributed by atoms with Crippen molar-refractivity contribution in [2.75, 3.05) is 19.6 Å². The Morgan fingerprint density at radius 3 is 2.21 bits per heavy atom. The molecule has 0 aromatic heterocycles. The molecule has 1 rings (SSSR count). The maximum Gasteiger partial charge on any atom is 0.0777 e. The summed E-state index contributed by atoms with van der Waals surface area (Å²) >= 11 is 0. The van der Waals surface area contributed by atoms with Crippen molar-refractivity contribution in [3.63, 3.8) is 0 Å². The van der Waals surface area contributed by atoms with E-state index in [1.807, 2.05) is 0 Å². The average molecular weight is 211 g/mol. The first-order chi connectivity index (χ1) is 6.76. The fourth-order valence-corrected chi connectivity index (χ4v) is 5.13. The first-order valence-corrected chi connectivity index (χ1v) is 8.82. The van der Waals surface area contributed by atoms with Gasteiger partial charge in [0.1, 0.15) is 0 Å². The van der Waals surface area contributed by atoms with Crippen LogP contribution in [0.5, 0.6) is 0 Å². The first kappa shape index (κ1) is 12.0. The summed E-state index contributed by atoms with van der Waals surface area (Å²) in [4.78, 5) is 2.64. The first-order valence-electron chi connectivity index (χ1n) is 6.12. The molecule has 82 valence electrons. The SMILES string of the molecule is C=C[Si](CC)(CC)CCN1CCCC1. The molecule has 0 radical (unpaired) electrons. The molecule has 1 saturated heterocycles. The molecule has 14 heavy (non-hydrogen) atoms. The van der Waals surface area contributed by atoms with Crippen molar-refractivity contribution in [2.24, 2.45) is 0 Å². The van der Waals surface area contributed by atoms with E-state index >= 15 is 0 Å². The molecule has 0 aromatic carbocycles. The zero-order chi connectivity index (χ0) is 10.4. The van der Waals surface area contributed by atoms with Crippen LogP contribution in [0.15, 0.2) is 12.3 Å². The molecule has 1 heterocycles. The molecular weight excluding hydrogens is 186 g/mol. The summed E-state index contributed by atoms with van der Waals surface area (Å²) in [5.41, 5.74) is 2.32. The summed E-state index contributed by atoms with van der Waals surface area (Å²) in [7, 11) is -1.06. The second-order valence-electron chi connectivity index (χ2n) is 4.57. The lowest BCUT2D eigenvalue weighted by atomic mass is 10.4. The smallest absolute Gasteiger partial charge is 0.0777 e. The second kappa shape index (κ2) is 5.71. The highest BCUT2D eigenvalue weighted by atomic mass is 28.3. The predicted octanol–water partition coefficient (Wildman–Crippen LogP) is 3.30. The van der Waals surface area contributed by atoms with Crippen LogP contribution in [-0.4, -0.2) is 32.6 Å². The molecule has 1 aliphatic heterocycles. The van der Waals surface area contributed by atoms with E-state index < -0.39 is 8.07 Å². The van der Waals surface area contributed by atoms with Crippen molar-refractivity contribution in [2.45, 2.75) is 44.8 Å². The third-order valence-corrected chi connectivity index (χ3v) is 8.87. The van der Waals surface area contributed by atoms with Crippen molar-refractivity contribution in [1.82, 2.24) is 4.90 Å². The van der Waals surface area contributed by atoms with Gasteiger partial charge in [-0.05, 0) is 38.5 Å². The van der Waals surface area contributed by atoms with Crippen molar-refractivity contribution >= 4 is 8.07 Å². The maximum absolute atomic E-state index is 4.06. The summed E-state index contributed by atoms with van der Waals surface area (Å²) in [6.07, 6.45) is 2.84. The minimum Gasteiger partial charge on any atom is -0.304 e. The van der Waals surface area contributed by atoms with Crippen LogP contribution < -0.4 is 0 Å². The lowest BCUT2D eigenvalue weighted by Crippen LogP contribution is -2.35. The Bertz CT molecular complexity index is 169. The molecule has 0 atom stereocenters. The lowest BCUT2D eigenvalue weighted by molar-refractivity contribution is 0.357. The number of hydrogen-bond donors (Lipinski definition) is 0. The summed E-state index contributed by atoms with van der Waals surface area (Å²) in [5, 5.41) is 0. The van der Waals surface area contributed by atoms with Crippen LogP contribution in [-0.2, 0) is 0 Å². The quantitative estimate of drug-likeness (QED) is 0.609. The molecule has 2 heteroatoms. The minimum absolute atomic E-state index is 1.06. The number of hydrogen-bond acceptors (Lipinski definition) is 1. The summed E-state index contributed by atoms with van der Waals surface area (Å²) in [6.45, 7) is 12.8. The second-order valence-corrected chi connectivity index (χ2v) is 9.62. The van der Waals surface area contributed by atoms with Crippen LogP contribution in [0.25, 0.3) is 0 Å². The van der Waals surface area contributed by atoms with Gasteiger partial charge in [0.25, 0.3) is 0 Å². The minimum atomic E-state index is -1.06. The monoisotopic (exact) mass is 211 g/mol. The molecular formula is C12H25NSi. The Morgan fingerprint density at radius 1 is 1.21 bits per heavy atom. The van der Waals surface area contributed by atoms with Gasteiger partial charge in [0.15, 0.2) is 0 Å². The van der Waals surface area contributed by atoms with Crippen molar-refractivity contribution in [3.05, 3.63) is 12.3 Å². The Morgan fingerprint density at radius 2 is 1.79 bits per heavy atom. The van der Waals surface area contributed by atoms with Crippen LogP contribution in [0.2, 0.25) is 18.1 Å². The highest BCUT2D eigenvalue weighted by Crippen LogP contribution is 2.22. The van der Waals surface area contributed by atoms with E-state index in [2.05, 4.69) is 31.0 Å². The molecule has 0 N–H and O–H groups in total. The van der Waals surface area contributed by atoms with E-state index in [0.29, 0.717) is 0 Å². The highest BCUT2D eigenvalue weighted by Gasteiger charge is 2.25. The normalized spacial score (nSPS) is 18.7.